The van der Waals surface area contributed by atoms with Crippen LogP contribution >= 0.6 is 39.0 Å². The van der Waals surface area contributed by atoms with E-state index in [0.29, 0.717) is 0 Å². The molecule has 0 radical (unpaired) electrons. The largest absolute Gasteiger partial charge is 0.309 e. The molecule has 0 aliphatic carbocycles. The van der Waals surface area contributed by atoms with Crippen molar-refractivity contribution in [2.24, 2.45) is 0 Å². The fraction of sp³-hybridized carbons (Fsp3) is 0.571. The molecule has 1 heterocycles. The molecule has 1 rings (SSSR count). The molecule has 0 aromatic carbocycles. The van der Waals surface area contributed by atoms with Gasteiger partial charge in [0, 0.05) is 17.7 Å². The van der Waals surface area contributed by atoms with E-state index in [9.17, 15) is 0 Å². The molecule has 2 nitrogen and oxygen atoms in total. The molecule has 12 heavy (non-hydrogen) atoms. The number of nitrogens with zero attached hydrogens (tertiary/aromatic N) is 2. The lowest BCUT2D eigenvalue weighted by molar-refractivity contribution is 0.437. The maximum atomic E-state index is 4.29. The maximum Gasteiger partial charge on any atom is 0.151 e. The van der Waals surface area contributed by atoms with Gasteiger partial charge < -0.3 is 4.90 Å². The summed E-state index contributed by atoms with van der Waals surface area (Å²) in [5, 5.41) is 2.01. The lowest BCUT2D eigenvalue weighted by Crippen LogP contribution is -2.14. The van der Waals surface area contributed by atoms with Crippen molar-refractivity contribution in [2.75, 3.05) is 26.4 Å². The Morgan fingerprint density at radius 1 is 1.67 bits per heavy atom. The normalized spacial score (nSPS) is 11.0. The van der Waals surface area contributed by atoms with Gasteiger partial charge in [0.15, 0.2) is 4.34 Å². The van der Waals surface area contributed by atoms with Crippen molar-refractivity contribution in [3.05, 3.63) is 9.98 Å². The molecule has 0 fully saturated rings. The Bertz CT molecular complexity index is 237. The lowest BCUT2D eigenvalue weighted by Gasteiger charge is -2.06. The van der Waals surface area contributed by atoms with E-state index in [0.717, 1.165) is 21.2 Å². The SMILES string of the molecule is CN(C)CCSc1nc(Br)cs1. The van der Waals surface area contributed by atoms with Crippen molar-refractivity contribution in [3.8, 4) is 0 Å². The molecule has 1 aromatic rings. The zero-order chi connectivity index (χ0) is 8.97. The maximum absolute atomic E-state index is 4.29. The topological polar surface area (TPSA) is 16.1 Å². The Morgan fingerprint density at radius 3 is 2.92 bits per heavy atom. The van der Waals surface area contributed by atoms with Crippen LogP contribution in [-0.4, -0.2) is 36.3 Å². The van der Waals surface area contributed by atoms with Crippen LogP contribution in [0.3, 0.4) is 0 Å². The number of hydrogen-bond donors (Lipinski definition) is 0. The number of hydrogen-bond acceptors (Lipinski definition) is 4. The Morgan fingerprint density at radius 2 is 2.42 bits per heavy atom. The van der Waals surface area contributed by atoms with Gasteiger partial charge in [-0.2, -0.15) is 0 Å². The third-order valence-electron chi connectivity index (χ3n) is 1.22. The molecular weight excluding hydrogens is 256 g/mol. The van der Waals surface area contributed by atoms with Gasteiger partial charge in [-0.1, -0.05) is 11.8 Å². The molecule has 0 aliphatic rings. The van der Waals surface area contributed by atoms with E-state index in [1.165, 1.54) is 0 Å². The zero-order valence-corrected chi connectivity index (χ0v) is 10.3. The number of halogens is 1. The minimum absolute atomic E-state index is 0.944. The summed E-state index contributed by atoms with van der Waals surface area (Å²) in [7, 11) is 4.16. The van der Waals surface area contributed by atoms with E-state index in [2.05, 4.69) is 39.9 Å². The van der Waals surface area contributed by atoms with Crippen LogP contribution in [0.2, 0.25) is 0 Å². The molecule has 0 unspecified atom stereocenters. The van der Waals surface area contributed by atoms with Gasteiger partial charge >= 0.3 is 0 Å². The van der Waals surface area contributed by atoms with Crippen LogP contribution in [0.4, 0.5) is 0 Å². The molecule has 0 saturated carbocycles. The number of rotatable bonds is 4. The second kappa shape index (κ2) is 5.21. The van der Waals surface area contributed by atoms with E-state index in [4.69, 9.17) is 0 Å². The summed E-state index contributed by atoms with van der Waals surface area (Å²) in [6, 6.07) is 0. The molecule has 68 valence electrons. The van der Waals surface area contributed by atoms with E-state index < -0.39 is 0 Å². The van der Waals surface area contributed by atoms with Gasteiger partial charge in [0.05, 0.1) is 0 Å². The molecule has 0 bridgehead atoms. The molecule has 0 saturated heterocycles. The van der Waals surface area contributed by atoms with Gasteiger partial charge in [0.2, 0.25) is 0 Å². The van der Waals surface area contributed by atoms with Gasteiger partial charge in [-0.25, -0.2) is 4.98 Å². The average Bonchev–Trinajstić information content (AvgIpc) is 2.35. The monoisotopic (exact) mass is 266 g/mol. The molecule has 1 aromatic heterocycles. The predicted octanol–water partition coefficient (Wildman–Crippen LogP) is 2.56. The highest BCUT2D eigenvalue weighted by molar-refractivity contribution is 9.10. The molecule has 0 N–H and O–H groups in total. The van der Waals surface area contributed by atoms with Crippen molar-refractivity contribution in [2.45, 2.75) is 4.34 Å². The molecule has 0 amide bonds. The summed E-state index contributed by atoms with van der Waals surface area (Å²) in [5.41, 5.74) is 0. The third kappa shape index (κ3) is 3.89. The predicted molar refractivity (Wildman–Crippen MR) is 59.1 cm³/mol. The highest BCUT2D eigenvalue weighted by Gasteiger charge is 1.99. The second-order valence-corrected chi connectivity index (χ2v) is 5.60. The zero-order valence-electron chi connectivity index (χ0n) is 7.08. The summed E-state index contributed by atoms with van der Waals surface area (Å²) in [5.74, 6) is 1.10. The Hall–Kier alpha value is 0.420. The van der Waals surface area contributed by atoms with Crippen LogP contribution in [0.5, 0.6) is 0 Å². The summed E-state index contributed by atoms with van der Waals surface area (Å²) < 4.78 is 2.09. The second-order valence-electron chi connectivity index (χ2n) is 2.59. The Balaban J connectivity index is 2.24. The van der Waals surface area contributed by atoms with Crippen LogP contribution in [0, 0.1) is 0 Å². The lowest BCUT2D eigenvalue weighted by atomic mass is 10.7. The van der Waals surface area contributed by atoms with Gasteiger partial charge in [-0.15, -0.1) is 11.3 Å². The van der Waals surface area contributed by atoms with Gasteiger partial charge in [-0.05, 0) is 30.0 Å². The van der Waals surface area contributed by atoms with Gasteiger partial charge in [-0.3, -0.25) is 0 Å². The minimum Gasteiger partial charge on any atom is -0.309 e. The van der Waals surface area contributed by atoms with Crippen molar-refractivity contribution in [1.82, 2.24) is 9.88 Å². The number of thioether (sulfide) groups is 1. The molecule has 0 aliphatic heterocycles. The van der Waals surface area contributed by atoms with Crippen LogP contribution in [-0.2, 0) is 0 Å². The summed E-state index contributed by atoms with van der Waals surface area (Å²) in [6.07, 6.45) is 0. The number of thiazole rings is 1. The van der Waals surface area contributed by atoms with Gasteiger partial charge in [0.1, 0.15) is 4.60 Å². The van der Waals surface area contributed by atoms with Crippen molar-refractivity contribution < 1.29 is 0 Å². The van der Waals surface area contributed by atoms with E-state index in [-0.39, 0.29) is 0 Å². The first-order valence-corrected chi connectivity index (χ1v) is 6.23. The Kier molecular flexibility index (Phi) is 4.56. The van der Waals surface area contributed by atoms with Crippen LogP contribution in [0.15, 0.2) is 14.3 Å². The van der Waals surface area contributed by atoms with Crippen molar-refractivity contribution in [3.63, 3.8) is 0 Å². The third-order valence-corrected chi connectivity index (χ3v) is 3.93. The summed E-state index contributed by atoms with van der Waals surface area (Å²) in [4.78, 5) is 6.46. The van der Waals surface area contributed by atoms with Crippen LogP contribution in [0.25, 0.3) is 0 Å². The average molecular weight is 267 g/mol. The molecule has 0 spiro atoms. The Labute approximate surface area is 89.5 Å². The van der Waals surface area contributed by atoms with E-state index in [1.54, 1.807) is 23.1 Å². The fourth-order valence-corrected chi connectivity index (χ4v) is 3.18. The van der Waals surface area contributed by atoms with Crippen LogP contribution < -0.4 is 0 Å². The first-order chi connectivity index (χ1) is 5.68. The van der Waals surface area contributed by atoms with Crippen molar-refractivity contribution in [1.29, 1.82) is 0 Å². The standard InChI is InChI=1S/C7H11BrN2S2/c1-10(2)3-4-11-7-9-6(8)5-12-7/h5H,3-4H2,1-2H3. The number of aromatic nitrogens is 1. The smallest absolute Gasteiger partial charge is 0.151 e. The highest BCUT2D eigenvalue weighted by Crippen LogP contribution is 2.24. The first-order valence-electron chi connectivity index (χ1n) is 3.57. The minimum atomic E-state index is 0.944. The first kappa shape index (κ1) is 10.5. The quantitative estimate of drug-likeness (QED) is 0.780. The molecule has 5 heteroatoms. The van der Waals surface area contributed by atoms with Crippen molar-refractivity contribution >= 4 is 39.0 Å². The van der Waals surface area contributed by atoms with E-state index >= 15 is 0 Å². The summed E-state index contributed by atoms with van der Waals surface area (Å²) in [6.45, 7) is 1.10. The highest BCUT2D eigenvalue weighted by atomic mass is 79.9. The van der Waals surface area contributed by atoms with Crippen LogP contribution in [0.1, 0.15) is 0 Å². The van der Waals surface area contributed by atoms with Gasteiger partial charge in [0.25, 0.3) is 0 Å². The molecule has 0 atom stereocenters. The fourth-order valence-electron chi connectivity index (χ4n) is 0.621. The van der Waals surface area contributed by atoms with E-state index in [1.807, 2.05) is 5.38 Å². The molecular formula is C7H11BrN2S2. The summed E-state index contributed by atoms with van der Waals surface area (Å²) >= 11 is 6.82.